The number of amides is 3. The van der Waals surface area contributed by atoms with Crippen molar-refractivity contribution < 1.29 is 22.8 Å². The number of rotatable bonds is 5. The van der Waals surface area contributed by atoms with Gasteiger partial charge in [0.05, 0.1) is 5.92 Å². The Morgan fingerprint density at radius 3 is 2.50 bits per heavy atom. The fraction of sp³-hybridized carbons (Fsp3) is 0.381. The summed E-state index contributed by atoms with van der Waals surface area (Å²) in [6, 6.07) is 10.0. The van der Waals surface area contributed by atoms with E-state index in [0.29, 0.717) is 11.3 Å². The highest BCUT2D eigenvalue weighted by atomic mass is 32.2. The summed E-state index contributed by atoms with van der Waals surface area (Å²) in [5.41, 5.74) is 5.18. The molecule has 4 rings (SSSR count). The van der Waals surface area contributed by atoms with Crippen molar-refractivity contribution >= 4 is 44.8 Å². The van der Waals surface area contributed by atoms with E-state index in [1.54, 1.807) is 49.8 Å². The molecule has 3 atom stereocenters. The molecule has 3 heterocycles. The Balaban J connectivity index is 1.93. The first-order chi connectivity index (χ1) is 15.0. The topological polar surface area (TPSA) is 121 Å². The average molecular weight is 477 g/mol. The van der Waals surface area contributed by atoms with E-state index in [2.05, 4.69) is 0 Å². The lowest BCUT2D eigenvalue weighted by Gasteiger charge is -2.46. The molecule has 32 heavy (non-hydrogen) atoms. The van der Waals surface area contributed by atoms with Crippen molar-refractivity contribution in [2.45, 2.75) is 22.6 Å². The molecular formula is C21H24N4O5S2. The van der Waals surface area contributed by atoms with Crippen molar-refractivity contribution in [3.8, 4) is 0 Å². The molecule has 1 saturated heterocycles. The standard InChI is InChI=1S/C21H24N4O5S2/c1-21-18(14(19(22)27)11-25(21)32(29,30)17-9-6-10-31-17)13-7-4-5-8-15(13)24(20(21)28)12-16(26)23(2)3/h4-10,14,18H,11-12H2,1-3H3,(H2,22,27)/t14-,18+,21-/m0/s1. The summed E-state index contributed by atoms with van der Waals surface area (Å²) in [4.78, 5) is 41.6. The number of nitrogens with zero attached hydrogens (tertiary/aromatic N) is 3. The van der Waals surface area contributed by atoms with E-state index >= 15 is 0 Å². The highest BCUT2D eigenvalue weighted by Gasteiger charge is 2.65. The van der Waals surface area contributed by atoms with Crippen LogP contribution in [0.3, 0.4) is 0 Å². The number of nitrogens with two attached hydrogens (primary N) is 1. The van der Waals surface area contributed by atoms with Crippen LogP contribution in [0.4, 0.5) is 5.69 Å². The van der Waals surface area contributed by atoms with Crippen LogP contribution in [0.1, 0.15) is 18.4 Å². The minimum Gasteiger partial charge on any atom is -0.369 e. The van der Waals surface area contributed by atoms with Crippen molar-refractivity contribution in [1.29, 1.82) is 0 Å². The van der Waals surface area contributed by atoms with Gasteiger partial charge in [0.2, 0.25) is 17.7 Å². The zero-order valence-corrected chi connectivity index (χ0v) is 19.5. The molecule has 2 aliphatic rings. The molecule has 0 bridgehead atoms. The van der Waals surface area contributed by atoms with Gasteiger partial charge in [-0.15, -0.1) is 11.3 Å². The first-order valence-corrected chi connectivity index (χ1v) is 12.3. The molecular weight excluding hydrogens is 452 g/mol. The van der Waals surface area contributed by atoms with Gasteiger partial charge in [0, 0.05) is 32.2 Å². The summed E-state index contributed by atoms with van der Waals surface area (Å²) in [7, 11) is -0.928. The number of primary amides is 1. The van der Waals surface area contributed by atoms with E-state index in [4.69, 9.17) is 5.73 Å². The molecule has 0 spiro atoms. The minimum atomic E-state index is -4.09. The fourth-order valence-electron chi connectivity index (χ4n) is 4.71. The predicted octanol–water partition coefficient (Wildman–Crippen LogP) is 0.831. The number of likely N-dealkylation sites (N-methyl/N-ethyl adjacent to an activating group) is 1. The lowest BCUT2D eigenvalue weighted by Crippen LogP contribution is -2.62. The Morgan fingerprint density at radius 1 is 1.22 bits per heavy atom. The number of sulfonamides is 1. The van der Waals surface area contributed by atoms with E-state index in [1.807, 2.05) is 0 Å². The van der Waals surface area contributed by atoms with Crippen molar-refractivity contribution in [2.75, 3.05) is 32.1 Å². The lowest BCUT2D eigenvalue weighted by atomic mass is 9.72. The number of hydrogen-bond acceptors (Lipinski definition) is 6. The summed E-state index contributed by atoms with van der Waals surface area (Å²) in [5, 5.41) is 1.63. The van der Waals surface area contributed by atoms with Gasteiger partial charge < -0.3 is 15.5 Å². The molecule has 1 fully saturated rings. The van der Waals surface area contributed by atoms with Crippen LogP contribution in [-0.4, -0.2) is 68.1 Å². The Hall–Kier alpha value is -2.76. The van der Waals surface area contributed by atoms with Crippen molar-refractivity contribution in [3.63, 3.8) is 0 Å². The van der Waals surface area contributed by atoms with Gasteiger partial charge in [-0.1, -0.05) is 24.3 Å². The van der Waals surface area contributed by atoms with E-state index in [-0.39, 0.29) is 23.2 Å². The number of fused-ring (bicyclic) bond motifs is 3. The van der Waals surface area contributed by atoms with Crippen molar-refractivity contribution in [2.24, 2.45) is 11.7 Å². The van der Waals surface area contributed by atoms with Crippen molar-refractivity contribution in [1.82, 2.24) is 9.21 Å². The molecule has 2 aromatic rings. The zero-order valence-electron chi connectivity index (χ0n) is 17.9. The third kappa shape index (κ3) is 3.14. The Labute approximate surface area is 190 Å². The second-order valence-electron chi connectivity index (χ2n) is 8.34. The van der Waals surface area contributed by atoms with Crippen LogP contribution < -0.4 is 10.6 Å². The second kappa shape index (κ2) is 7.68. The molecule has 9 nitrogen and oxygen atoms in total. The molecule has 0 radical (unpaired) electrons. The first-order valence-electron chi connectivity index (χ1n) is 9.98. The molecule has 2 aliphatic heterocycles. The minimum absolute atomic E-state index is 0.0742. The number of thiophene rings is 1. The summed E-state index contributed by atoms with van der Waals surface area (Å²) in [5.74, 6) is -3.21. The average Bonchev–Trinajstić information content (AvgIpc) is 3.38. The second-order valence-corrected chi connectivity index (χ2v) is 11.4. The molecule has 170 valence electrons. The lowest BCUT2D eigenvalue weighted by molar-refractivity contribution is -0.132. The third-order valence-corrected chi connectivity index (χ3v) is 9.66. The van der Waals surface area contributed by atoms with Crippen LogP contribution >= 0.6 is 11.3 Å². The van der Waals surface area contributed by atoms with Crippen LogP contribution in [0.2, 0.25) is 0 Å². The normalized spacial score (nSPS) is 25.3. The summed E-state index contributed by atoms with van der Waals surface area (Å²) in [6.45, 7) is 1.06. The maximum Gasteiger partial charge on any atom is 0.253 e. The number of hydrogen-bond donors (Lipinski definition) is 1. The molecule has 11 heteroatoms. The SMILES string of the molecule is CN(C)C(=O)CN1C(=O)[C@]2(C)[C@H](c3ccccc31)[C@@H](C(N)=O)CN2S(=O)(=O)c1cccs1. The largest absolute Gasteiger partial charge is 0.369 e. The van der Waals surface area contributed by atoms with Gasteiger partial charge >= 0.3 is 0 Å². The number of carbonyl (C=O) groups excluding carboxylic acids is 3. The van der Waals surface area contributed by atoms with Crippen LogP contribution in [0.5, 0.6) is 0 Å². The van der Waals surface area contributed by atoms with Gasteiger partial charge in [-0.25, -0.2) is 8.42 Å². The summed E-state index contributed by atoms with van der Waals surface area (Å²) >= 11 is 1.04. The molecule has 2 N–H and O–H groups in total. The van der Waals surface area contributed by atoms with Crippen molar-refractivity contribution in [3.05, 3.63) is 47.3 Å². The van der Waals surface area contributed by atoms with E-state index < -0.39 is 39.2 Å². The maximum atomic E-state index is 13.9. The molecule has 1 aromatic heterocycles. The Morgan fingerprint density at radius 2 is 1.91 bits per heavy atom. The quantitative estimate of drug-likeness (QED) is 0.685. The highest BCUT2D eigenvalue weighted by molar-refractivity contribution is 7.91. The maximum absolute atomic E-state index is 13.9. The Bertz CT molecular complexity index is 1190. The van der Waals surface area contributed by atoms with Gasteiger partial charge in [-0.3, -0.25) is 14.4 Å². The number of benzene rings is 1. The van der Waals surface area contributed by atoms with Gasteiger partial charge in [-0.2, -0.15) is 4.31 Å². The first kappa shape index (κ1) is 22.4. The predicted molar refractivity (Wildman–Crippen MR) is 120 cm³/mol. The highest BCUT2D eigenvalue weighted by Crippen LogP contribution is 2.54. The van der Waals surface area contributed by atoms with Gasteiger partial charge in [0.1, 0.15) is 16.3 Å². The molecule has 0 unspecified atom stereocenters. The number of anilines is 1. The molecule has 0 aliphatic carbocycles. The Kier molecular flexibility index (Phi) is 5.38. The van der Waals surface area contributed by atoms with E-state index in [0.717, 1.165) is 15.6 Å². The molecule has 1 aromatic carbocycles. The fourth-order valence-corrected chi connectivity index (χ4v) is 7.60. The van der Waals surface area contributed by atoms with Gasteiger partial charge in [0.25, 0.3) is 10.0 Å². The van der Waals surface area contributed by atoms with E-state index in [1.165, 1.54) is 22.8 Å². The molecule has 3 amide bonds. The van der Waals surface area contributed by atoms with Crippen LogP contribution in [0.15, 0.2) is 46.0 Å². The summed E-state index contributed by atoms with van der Waals surface area (Å²) < 4.78 is 28.3. The summed E-state index contributed by atoms with van der Waals surface area (Å²) in [6.07, 6.45) is 0. The van der Waals surface area contributed by atoms with Crippen LogP contribution in [0.25, 0.3) is 0 Å². The van der Waals surface area contributed by atoms with E-state index in [9.17, 15) is 22.8 Å². The zero-order chi connectivity index (χ0) is 23.4. The van der Waals surface area contributed by atoms with Gasteiger partial charge in [0.15, 0.2) is 0 Å². The van der Waals surface area contributed by atoms with Gasteiger partial charge in [-0.05, 0) is 30.0 Å². The smallest absolute Gasteiger partial charge is 0.253 e. The number of carbonyl (C=O) groups is 3. The third-order valence-electron chi connectivity index (χ3n) is 6.33. The monoisotopic (exact) mass is 476 g/mol. The number of para-hydroxylation sites is 1. The van der Waals surface area contributed by atoms with Crippen LogP contribution in [0, 0.1) is 5.92 Å². The van der Waals surface area contributed by atoms with Crippen LogP contribution in [-0.2, 0) is 24.4 Å². The molecule has 0 saturated carbocycles.